The van der Waals surface area contributed by atoms with Crippen LogP contribution < -0.4 is 15.8 Å². The molecule has 0 atom stereocenters. The predicted octanol–water partition coefficient (Wildman–Crippen LogP) is -0.143. The first kappa shape index (κ1) is 15.6. The van der Waals surface area contributed by atoms with Crippen LogP contribution in [0.5, 0.6) is 5.75 Å². The Bertz CT molecular complexity index is 573. The smallest absolute Gasteiger partial charge is 0.322 e. The molecule has 0 aromatic heterocycles. The minimum atomic E-state index is -0.558. The first-order valence-corrected chi connectivity index (χ1v) is 6.77. The van der Waals surface area contributed by atoms with Gasteiger partial charge in [0.25, 0.3) is 5.91 Å². The van der Waals surface area contributed by atoms with Crippen molar-refractivity contribution in [2.45, 2.75) is 0 Å². The number of nitrogens with one attached hydrogen (secondary N) is 1. The van der Waals surface area contributed by atoms with Crippen LogP contribution in [0.25, 0.3) is 0 Å². The van der Waals surface area contributed by atoms with Gasteiger partial charge < -0.3 is 25.6 Å². The van der Waals surface area contributed by atoms with Crippen molar-refractivity contribution in [1.29, 1.82) is 0 Å². The number of likely N-dealkylation sites (N-methyl/N-ethyl adjacent to an activating group) is 1. The van der Waals surface area contributed by atoms with E-state index in [9.17, 15) is 14.4 Å². The van der Waals surface area contributed by atoms with Crippen molar-refractivity contribution in [3.8, 4) is 5.75 Å². The van der Waals surface area contributed by atoms with Crippen LogP contribution in [0.1, 0.15) is 0 Å². The monoisotopic (exact) mass is 306 g/mol. The minimum Gasteiger partial charge on any atom is -0.484 e. The highest BCUT2D eigenvalue weighted by molar-refractivity contribution is 5.93. The quantitative estimate of drug-likeness (QED) is 0.807. The molecule has 0 aliphatic carbocycles. The third-order valence-electron chi connectivity index (χ3n) is 3.23. The van der Waals surface area contributed by atoms with Gasteiger partial charge in [0.05, 0.1) is 0 Å². The molecule has 1 aliphatic rings. The molecule has 3 N–H and O–H groups in total. The number of hydrogen-bond acceptors (Lipinski definition) is 4. The zero-order valence-corrected chi connectivity index (χ0v) is 12.2. The van der Waals surface area contributed by atoms with Gasteiger partial charge in [-0.3, -0.25) is 9.59 Å². The largest absolute Gasteiger partial charge is 0.484 e. The fourth-order valence-electron chi connectivity index (χ4n) is 1.92. The average Bonchev–Trinajstić information content (AvgIpc) is 2.49. The van der Waals surface area contributed by atoms with Gasteiger partial charge in [-0.15, -0.1) is 0 Å². The van der Waals surface area contributed by atoms with Crippen LogP contribution in [-0.2, 0) is 9.59 Å². The van der Waals surface area contributed by atoms with Gasteiger partial charge in [0, 0.05) is 25.8 Å². The number of rotatable bonds is 4. The van der Waals surface area contributed by atoms with Gasteiger partial charge in [-0.05, 0) is 24.3 Å². The van der Waals surface area contributed by atoms with E-state index in [0.29, 0.717) is 24.5 Å². The molecular formula is C14H18N4O4. The molecule has 0 radical (unpaired) electrons. The summed E-state index contributed by atoms with van der Waals surface area (Å²) >= 11 is 0. The molecule has 1 aliphatic heterocycles. The van der Waals surface area contributed by atoms with E-state index in [1.54, 1.807) is 36.2 Å². The number of urea groups is 1. The SMILES string of the molecule is CN1CCN(C(=O)Nc2ccc(OCC(N)=O)cc2)CC1=O. The van der Waals surface area contributed by atoms with E-state index >= 15 is 0 Å². The lowest BCUT2D eigenvalue weighted by atomic mass is 10.3. The Labute approximate surface area is 127 Å². The molecule has 8 heteroatoms. The van der Waals surface area contributed by atoms with Crippen molar-refractivity contribution in [3.05, 3.63) is 24.3 Å². The van der Waals surface area contributed by atoms with Crippen LogP contribution in [0, 0.1) is 0 Å². The first-order valence-electron chi connectivity index (χ1n) is 6.77. The fourth-order valence-corrected chi connectivity index (χ4v) is 1.92. The summed E-state index contributed by atoms with van der Waals surface area (Å²) in [5.74, 6) is -0.166. The van der Waals surface area contributed by atoms with Crippen LogP contribution in [0.15, 0.2) is 24.3 Å². The molecule has 0 spiro atoms. The van der Waals surface area contributed by atoms with Crippen LogP contribution in [0.3, 0.4) is 0 Å². The summed E-state index contributed by atoms with van der Waals surface area (Å²) in [4.78, 5) is 37.3. The van der Waals surface area contributed by atoms with Crippen molar-refractivity contribution < 1.29 is 19.1 Å². The topological polar surface area (TPSA) is 105 Å². The van der Waals surface area contributed by atoms with Gasteiger partial charge in [-0.2, -0.15) is 0 Å². The van der Waals surface area contributed by atoms with Gasteiger partial charge in [0.2, 0.25) is 5.91 Å². The second kappa shape index (κ2) is 6.79. The Hall–Kier alpha value is -2.77. The Kier molecular flexibility index (Phi) is 4.82. The average molecular weight is 306 g/mol. The number of carbonyl (C=O) groups is 3. The molecule has 1 aromatic carbocycles. The molecule has 1 fully saturated rings. The number of primary amides is 1. The van der Waals surface area contributed by atoms with Crippen molar-refractivity contribution in [2.75, 3.05) is 38.6 Å². The number of anilines is 1. The fraction of sp³-hybridized carbons (Fsp3) is 0.357. The molecule has 0 saturated carbocycles. The summed E-state index contributed by atoms with van der Waals surface area (Å²) in [7, 11) is 1.71. The van der Waals surface area contributed by atoms with Crippen molar-refractivity contribution in [2.24, 2.45) is 5.73 Å². The molecule has 1 aromatic rings. The second-order valence-corrected chi connectivity index (χ2v) is 4.95. The molecule has 2 rings (SSSR count). The van der Waals surface area contributed by atoms with Crippen molar-refractivity contribution >= 4 is 23.5 Å². The maximum Gasteiger partial charge on any atom is 0.322 e. The maximum atomic E-state index is 12.1. The molecule has 118 valence electrons. The molecule has 22 heavy (non-hydrogen) atoms. The summed E-state index contributed by atoms with van der Waals surface area (Å²) in [6.45, 7) is 0.886. The highest BCUT2D eigenvalue weighted by Gasteiger charge is 2.24. The molecule has 1 heterocycles. The number of nitrogens with zero attached hydrogens (tertiary/aromatic N) is 2. The maximum absolute atomic E-state index is 12.1. The zero-order valence-electron chi connectivity index (χ0n) is 12.2. The molecule has 1 saturated heterocycles. The standard InChI is InChI=1S/C14H18N4O4/c1-17-6-7-18(8-13(17)20)14(21)16-10-2-4-11(5-3-10)22-9-12(15)19/h2-5H,6-9H2,1H3,(H2,15,19)(H,16,21). The first-order chi connectivity index (χ1) is 10.5. The van der Waals surface area contributed by atoms with Crippen LogP contribution in [-0.4, -0.2) is 60.9 Å². The van der Waals surface area contributed by atoms with E-state index in [1.807, 2.05) is 0 Å². The Morgan fingerprint density at radius 3 is 2.55 bits per heavy atom. The van der Waals surface area contributed by atoms with Crippen molar-refractivity contribution in [3.63, 3.8) is 0 Å². The third kappa shape index (κ3) is 4.11. The summed E-state index contributed by atoms with van der Waals surface area (Å²) in [5, 5.41) is 2.71. The summed E-state index contributed by atoms with van der Waals surface area (Å²) in [6, 6.07) is 6.20. The highest BCUT2D eigenvalue weighted by Crippen LogP contribution is 2.16. The molecule has 4 amide bonds. The Balaban J connectivity index is 1.89. The van der Waals surface area contributed by atoms with Crippen LogP contribution in [0.2, 0.25) is 0 Å². The number of nitrogens with two attached hydrogens (primary N) is 1. The molecular weight excluding hydrogens is 288 g/mol. The molecule has 0 bridgehead atoms. The number of carbonyl (C=O) groups excluding carboxylic acids is 3. The van der Waals surface area contributed by atoms with Gasteiger partial charge in [0.1, 0.15) is 12.3 Å². The molecule has 0 unspecified atom stereocenters. The van der Waals surface area contributed by atoms with E-state index < -0.39 is 5.91 Å². The van der Waals surface area contributed by atoms with E-state index in [0.717, 1.165) is 0 Å². The lowest BCUT2D eigenvalue weighted by Gasteiger charge is -2.31. The number of benzene rings is 1. The summed E-state index contributed by atoms with van der Waals surface area (Å²) < 4.78 is 5.12. The lowest BCUT2D eigenvalue weighted by Crippen LogP contribution is -2.51. The summed E-state index contributed by atoms with van der Waals surface area (Å²) in [5.41, 5.74) is 5.55. The Morgan fingerprint density at radius 2 is 1.95 bits per heavy atom. The second-order valence-electron chi connectivity index (χ2n) is 4.95. The van der Waals surface area contributed by atoms with E-state index in [1.165, 1.54) is 4.90 Å². The summed E-state index contributed by atoms with van der Waals surface area (Å²) in [6.07, 6.45) is 0. The van der Waals surface area contributed by atoms with Crippen LogP contribution >= 0.6 is 0 Å². The zero-order chi connectivity index (χ0) is 16.1. The van der Waals surface area contributed by atoms with E-state index in [-0.39, 0.29) is 25.1 Å². The normalized spacial score (nSPS) is 14.7. The Morgan fingerprint density at radius 1 is 1.27 bits per heavy atom. The highest BCUT2D eigenvalue weighted by atomic mass is 16.5. The van der Waals surface area contributed by atoms with Gasteiger partial charge in [0.15, 0.2) is 6.61 Å². The number of amides is 4. The third-order valence-corrected chi connectivity index (χ3v) is 3.23. The van der Waals surface area contributed by atoms with Crippen molar-refractivity contribution in [1.82, 2.24) is 9.80 Å². The van der Waals surface area contributed by atoms with E-state index in [2.05, 4.69) is 5.32 Å². The number of piperazine rings is 1. The number of hydrogen-bond donors (Lipinski definition) is 2. The number of ether oxygens (including phenoxy) is 1. The molecule has 8 nitrogen and oxygen atoms in total. The van der Waals surface area contributed by atoms with Crippen LogP contribution in [0.4, 0.5) is 10.5 Å². The van der Waals surface area contributed by atoms with E-state index in [4.69, 9.17) is 10.5 Å². The lowest BCUT2D eigenvalue weighted by molar-refractivity contribution is -0.133. The predicted molar refractivity (Wildman–Crippen MR) is 79.4 cm³/mol. The van der Waals surface area contributed by atoms with Gasteiger partial charge in [-0.1, -0.05) is 0 Å². The minimum absolute atomic E-state index is 0.0716. The van der Waals surface area contributed by atoms with Gasteiger partial charge >= 0.3 is 6.03 Å². The van der Waals surface area contributed by atoms with Gasteiger partial charge in [-0.25, -0.2) is 4.79 Å².